The molecule has 0 fully saturated rings. The van der Waals surface area contributed by atoms with Crippen LogP contribution in [0, 0.1) is 11.8 Å². The minimum atomic E-state index is 0.505. The van der Waals surface area contributed by atoms with Gasteiger partial charge in [0.25, 0.3) is 0 Å². The minimum Gasteiger partial charge on any atom is -0.399 e. The SMILES string of the molecule is CC.CC.CC.CC.CC.Nc1ccc(/C=C/C2=C3C=CC=CC3C(CCCCCCCCCCN\C=C/C(/C=C/c3ccc(N)cc3)=C3/C=CC=CC3)CC=C2)cc1. The molecule has 0 amide bonds. The van der Waals surface area contributed by atoms with E-state index < -0.39 is 0 Å². The lowest BCUT2D eigenvalue weighted by Crippen LogP contribution is -2.15. The molecule has 2 unspecified atom stereocenters. The van der Waals surface area contributed by atoms with E-state index in [0.717, 1.165) is 36.3 Å². The van der Waals surface area contributed by atoms with Crippen LogP contribution in [0.3, 0.4) is 0 Å². The first kappa shape index (κ1) is 54.2. The molecule has 0 spiro atoms. The lowest BCUT2D eigenvalue weighted by Gasteiger charge is -2.26. The number of hydrogen-bond donors (Lipinski definition) is 3. The Labute approximate surface area is 364 Å². The molecule has 2 aromatic rings. The van der Waals surface area contributed by atoms with Crippen molar-refractivity contribution in [3.63, 3.8) is 0 Å². The smallest absolute Gasteiger partial charge is 0.0314 e. The second kappa shape index (κ2) is 37.5. The third kappa shape index (κ3) is 22.8. The summed E-state index contributed by atoms with van der Waals surface area (Å²) >= 11 is 0. The zero-order chi connectivity index (χ0) is 43.9. The maximum Gasteiger partial charge on any atom is 0.0314 e. The van der Waals surface area contributed by atoms with E-state index in [0.29, 0.717) is 11.8 Å². The van der Waals surface area contributed by atoms with E-state index in [9.17, 15) is 0 Å². The van der Waals surface area contributed by atoms with Gasteiger partial charge in [-0.1, -0.05) is 224 Å². The summed E-state index contributed by atoms with van der Waals surface area (Å²) < 4.78 is 0. The fourth-order valence-electron chi connectivity index (χ4n) is 6.83. The average Bonchev–Trinajstić information content (AvgIpc) is 3.49. The van der Waals surface area contributed by atoms with Gasteiger partial charge in [0.2, 0.25) is 0 Å². The standard InChI is InChI=1S/C46H55N3.5C2H6/c47-43-30-24-37(25-31-43)22-28-40(39-15-9-7-10-16-39)34-36-49-35-13-6-4-2-1-3-5-8-17-41-18-14-19-42(46-21-12-11-20-45(41)46)29-23-38-26-32-44(48)33-27-38;5*1-2/h7,9-12,14-15,19-34,36,41,45,49H,1-6,8,13,16-18,35,47-48H2;5*1-2H3/b28-22+,29-23+,36-34-,40-39-;;;;;. The lowest BCUT2D eigenvalue weighted by molar-refractivity contribution is 0.394. The van der Waals surface area contributed by atoms with E-state index in [1.165, 1.54) is 85.6 Å². The van der Waals surface area contributed by atoms with E-state index in [1.807, 2.05) is 93.5 Å². The molecule has 0 bridgehead atoms. The number of nitrogen functional groups attached to an aromatic ring is 2. The maximum atomic E-state index is 5.87. The number of unbranched alkanes of at least 4 members (excludes halogenated alkanes) is 7. The number of fused-ring (bicyclic) bond motifs is 1. The molecule has 0 aliphatic heterocycles. The van der Waals surface area contributed by atoms with Crippen LogP contribution in [-0.2, 0) is 0 Å². The molecule has 3 aliphatic carbocycles. The molecule has 0 saturated heterocycles. The molecule has 5 N–H and O–H groups in total. The van der Waals surface area contributed by atoms with Gasteiger partial charge in [0.1, 0.15) is 0 Å². The topological polar surface area (TPSA) is 64.1 Å². The van der Waals surface area contributed by atoms with Crippen LogP contribution in [0.1, 0.15) is 151 Å². The Bertz CT molecular complexity index is 1640. The van der Waals surface area contributed by atoms with Crippen LogP contribution in [0.25, 0.3) is 12.2 Å². The summed E-state index contributed by atoms with van der Waals surface area (Å²) in [6, 6.07) is 16.1. The van der Waals surface area contributed by atoms with Crippen molar-refractivity contribution in [2.24, 2.45) is 11.8 Å². The Kier molecular flexibility index (Phi) is 34.5. The van der Waals surface area contributed by atoms with Crippen LogP contribution in [0.5, 0.6) is 0 Å². The first-order valence-electron chi connectivity index (χ1n) is 23.4. The highest BCUT2D eigenvalue weighted by Crippen LogP contribution is 2.37. The van der Waals surface area contributed by atoms with Crippen molar-refractivity contribution in [3.05, 3.63) is 167 Å². The molecular weight excluding hydrogens is 715 g/mol. The fourth-order valence-corrected chi connectivity index (χ4v) is 6.83. The van der Waals surface area contributed by atoms with E-state index in [4.69, 9.17) is 11.5 Å². The predicted octanol–water partition coefficient (Wildman–Crippen LogP) is 16.8. The summed E-state index contributed by atoms with van der Waals surface area (Å²) in [5, 5.41) is 3.52. The second-order valence-corrected chi connectivity index (χ2v) is 13.5. The van der Waals surface area contributed by atoms with Gasteiger partial charge in [-0.3, -0.25) is 0 Å². The summed E-state index contributed by atoms with van der Waals surface area (Å²) in [6.45, 7) is 21.0. The van der Waals surface area contributed by atoms with Gasteiger partial charge >= 0.3 is 0 Å². The Morgan fingerprint density at radius 3 is 1.73 bits per heavy atom. The molecule has 59 heavy (non-hydrogen) atoms. The molecule has 0 radical (unpaired) electrons. The normalized spacial score (nSPS) is 16.9. The molecule has 0 aromatic heterocycles. The molecule has 324 valence electrons. The number of hydrogen-bond acceptors (Lipinski definition) is 3. The summed E-state index contributed by atoms with van der Waals surface area (Å²) in [6.07, 6.45) is 49.7. The fraction of sp³-hybridized carbons (Fsp3) is 0.429. The van der Waals surface area contributed by atoms with Crippen LogP contribution in [0.4, 0.5) is 11.4 Å². The van der Waals surface area contributed by atoms with Gasteiger partial charge < -0.3 is 16.8 Å². The predicted molar refractivity (Wildman–Crippen MR) is 271 cm³/mol. The molecule has 2 aromatic carbocycles. The van der Waals surface area contributed by atoms with Gasteiger partial charge in [-0.2, -0.15) is 0 Å². The lowest BCUT2D eigenvalue weighted by atomic mass is 9.78. The molecule has 3 nitrogen and oxygen atoms in total. The quantitative estimate of drug-likeness (QED) is 0.110. The third-order valence-electron chi connectivity index (χ3n) is 9.71. The van der Waals surface area contributed by atoms with Crippen molar-refractivity contribution in [2.75, 3.05) is 18.0 Å². The monoisotopic (exact) mass is 800 g/mol. The Morgan fingerprint density at radius 1 is 0.576 bits per heavy atom. The van der Waals surface area contributed by atoms with Crippen LogP contribution in [-0.4, -0.2) is 6.54 Å². The van der Waals surface area contributed by atoms with Crippen molar-refractivity contribution >= 4 is 23.5 Å². The van der Waals surface area contributed by atoms with Gasteiger partial charge in [-0.25, -0.2) is 0 Å². The number of nitrogens with two attached hydrogens (primary N) is 2. The summed E-state index contributed by atoms with van der Waals surface area (Å²) in [7, 11) is 0. The van der Waals surface area contributed by atoms with Gasteiger partial charge in [0.15, 0.2) is 0 Å². The molecular formula is C56H85N3. The van der Waals surface area contributed by atoms with Crippen molar-refractivity contribution < 1.29 is 0 Å². The Hall–Kier alpha value is -4.76. The molecule has 5 rings (SSSR count). The number of nitrogens with one attached hydrogen (secondary N) is 1. The van der Waals surface area contributed by atoms with Crippen molar-refractivity contribution in [2.45, 2.75) is 140 Å². The largest absolute Gasteiger partial charge is 0.399 e. The Morgan fingerprint density at radius 2 is 1.14 bits per heavy atom. The molecule has 0 heterocycles. The van der Waals surface area contributed by atoms with Crippen molar-refractivity contribution in [1.29, 1.82) is 0 Å². The minimum absolute atomic E-state index is 0.505. The van der Waals surface area contributed by atoms with Crippen molar-refractivity contribution in [1.82, 2.24) is 5.32 Å². The summed E-state index contributed by atoms with van der Waals surface area (Å²) in [5.74, 6) is 1.18. The van der Waals surface area contributed by atoms with E-state index in [1.54, 1.807) is 0 Å². The highest BCUT2D eigenvalue weighted by Gasteiger charge is 2.25. The highest BCUT2D eigenvalue weighted by atomic mass is 14.8. The zero-order valence-electron chi connectivity index (χ0n) is 39.2. The first-order valence-corrected chi connectivity index (χ1v) is 23.4. The van der Waals surface area contributed by atoms with Gasteiger partial charge in [-0.05, 0) is 102 Å². The van der Waals surface area contributed by atoms with Crippen LogP contribution in [0.15, 0.2) is 156 Å². The highest BCUT2D eigenvalue weighted by molar-refractivity contribution is 5.61. The summed E-state index contributed by atoms with van der Waals surface area (Å²) in [4.78, 5) is 0. The summed E-state index contributed by atoms with van der Waals surface area (Å²) in [5.41, 5.74) is 21.0. The van der Waals surface area contributed by atoms with E-state index >= 15 is 0 Å². The van der Waals surface area contributed by atoms with Crippen molar-refractivity contribution in [3.8, 4) is 0 Å². The molecule has 2 atom stereocenters. The maximum absolute atomic E-state index is 5.87. The third-order valence-corrected chi connectivity index (χ3v) is 9.71. The Balaban J connectivity index is 0.00000312. The average molecular weight is 800 g/mol. The van der Waals surface area contributed by atoms with Gasteiger partial charge in [0.05, 0.1) is 0 Å². The number of allylic oxidation sites excluding steroid dienone is 17. The van der Waals surface area contributed by atoms with Gasteiger partial charge in [-0.15, -0.1) is 0 Å². The van der Waals surface area contributed by atoms with E-state index in [-0.39, 0.29) is 0 Å². The van der Waals surface area contributed by atoms with Crippen LogP contribution < -0.4 is 16.8 Å². The number of anilines is 2. The van der Waals surface area contributed by atoms with Crippen LogP contribution >= 0.6 is 0 Å². The number of rotatable bonds is 17. The second-order valence-electron chi connectivity index (χ2n) is 13.5. The first-order chi connectivity index (χ1) is 29.2. The van der Waals surface area contributed by atoms with Crippen LogP contribution in [0.2, 0.25) is 0 Å². The molecule has 3 aliphatic rings. The zero-order valence-corrected chi connectivity index (χ0v) is 39.2. The molecule has 0 saturated carbocycles. The number of benzene rings is 2. The van der Waals surface area contributed by atoms with E-state index in [2.05, 4.69) is 127 Å². The molecule has 3 heteroatoms. The van der Waals surface area contributed by atoms with Gasteiger partial charge in [0, 0.05) is 23.8 Å².